The molecular formula is C30H25N3O2S. The molecule has 3 aromatic carbocycles. The van der Waals surface area contributed by atoms with Crippen LogP contribution in [0.3, 0.4) is 0 Å². The topological polar surface area (TPSA) is 66.2 Å². The van der Waals surface area contributed by atoms with Crippen LogP contribution in [0.5, 0.6) is 5.75 Å². The predicted molar refractivity (Wildman–Crippen MR) is 144 cm³/mol. The van der Waals surface area contributed by atoms with Crippen LogP contribution in [0.2, 0.25) is 0 Å². The summed E-state index contributed by atoms with van der Waals surface area (Å²) in [6.07, 6.45) is 0.853. The van der Waals surface area contributed by atoms with Crippen molar-refractivity contribution in [3.05, 3.63) is 96.1 Å². The van der Waals surface area contributed by atoms with Crippen molar-refractivity contribution in [2.45, 2.75) is 23.6 Å². The Kier molecular flexibility index (Phi) is 6.75. The van der Waals surface area contributed by atoms with E-state index in [1.807, 2.05) is 90.7 Å². The highest BCUT2D eigenvalue weighted by Crippen LogP contribution is 2.37. The Morgan fingerprint density at radius 1 is 1.03 bits per heavy atom. The first kappa shape index (κ1) is 23.7. The number of benzene rings is 3. The molecule has 5 nitrogen and oxygen atoms in total. The molecule has 1 atom stereocenters. The largest absolute Gasteiger partial charge is 0.497 e. The zero-order valence-corrected chi connectivity index (χ0v) is 21.0. The molecule has 36 heavy (non-hydrogen) atoms. The molecule has 0 aliphatic carbocycles. The third-order valence-corrected chi connectivity index (χ3v) is 7.43. The summed E-state index contributed by atoms with van der Waals surface area (Å²) in [5.74, 6) is 0.765. The van der Waals surface area contributed by atoms with Crippen LogP contribution in [0.25, 0.3) is 22.4 Å². The summed E-state index contributed by atoms with van der Waals surface area (Å²) in [6.45, 7) is 2.56. The molecule has 1 unspecified atom stereocenters. The number of hydrogen-bond donors (Lipinski definition) is 0. The lowest BCUT2D eigenvalue weighted by Crippen LogP contribution is -2.35. The van der Waals surface area contributed by atoms with E-state index in [1.165, 1.54) is 17.3 Å². The lowest BCUT2D eigenvalue weighted by atomic mass is 9.99. The van der Waals surface area contributed by atoms with E-state index >= 15 is 0 Å². The van der Waals surface area contributed by atoms with E-state index < -0.39 is 5.25 Å². The van der Waals surface area contributed by atoms with Crippen molar-refractivity contribution in [2.75, 3.05) is 18.6 Å². The molecule has 0 spiro atoms. The second-order valence-electron chi connectivity index (χ2n) is 8.57. The molecular weight excluding hydrogens is 466 g/mol. The number of methoxy groups -OCH3 is 1. The normalized spacial score (nSPS) is 13.1. The molecule has 2 heterocycles. The second-order valence-corrected chi connectivity index (χ2v) is 9.90. The van der Waals surface area contributed by atoms with Crippen molar-refractivity contribution in [1.82, 2.24) is 4.98 Å². The number of pyridine rings is 1. The zero-order valence-electron chi connectivity index (χ0n) is 20.1. The first-order valence-electron chi connectivity index (χ1n) is 11.8. The smallest absolute Gasteiger partial charge is 0.240 e. The number of ether oxygens (including phenoxy) is 1. The van der Waals surface area contributed by atoms with Crippen LogP contribution in [-0.4, -0.2) is 29.8 Å². The van der Waals surface area contributed by atoms with Crippen molar-refractivity contribution in [3.8, 4) is 34.2 Å². The van der Waals surface area contributed by atoms with Crippen LogP contribution in [0.4, 0.5) is 5.69 Å². The molecule has 0 saturated heterocycles. The average Bonchev–Trinajstić information content (AvgIpc) is 3.37. The molecule has 4 aromatic rings. The Labute approximate surface area is 215 Å². The van der Waals surface area contributed by atoms with Gasteiger partial charge in [0.15, 0.2) is 0 Å². The monoisotopic (exact) mass is 491 g/mol. The van der Waals surface area contributed by atoms with Crippen LogP contribution in [0.1, 0.15) is 18.1 Å². The Morgan fingerprint density at radius 3 is 2.47 bits per heavy atom. The van der Waals surface area contributed by atoms with Crippen LogP contribution >= 0.6 is 11.8 Å². The van der Waals surface area contributed by atoms with Gasteiger partial charge in [-0.15, -0.1) is 0 Å². The Morgan fingerprint density at radius 2 is 1.75 bits per heavy atom. The van der Waals surface area contributed by atoms with Gasteiger partial charge < -0.3 is 9.64 Å². The van der Waals surface area contributed by atoms with Crippen molar-refractivity contribution in [1.29, 1.82) is 5.26 Å². The summed E-state index contributed by atoms with van der Waals surface area (Å²) in [6, 6.07) is 29.8. The number of carbonyl (C=O) groups excluding carboxylic acids is 1. The van der Waals surface area contributed by atoms with Gasteiger partial charge in [-0.3, -0.25) is 4.79 Å². The minimum absolute atomic E-state index is 0.0201. The number of carbonyl (C=O) groups is 1. The van der Waals surface area contributed by atoms with E-state index in [2.05, 4.69) is 12.1 Å². The molecule has 0 fully saturated rings. The van der Waals surface area contributed by atoms with Gasteiger partial charge in [0.2, 0.25) is 5.91 Å². The second kappa shape index (κ2) is 10.3. The molecule has 0 saturated carbocycles. The molecule has 1 aromatic heterocycles. The van der Waals surface area contributed by atoms with E-state index in [-0.39, 0.29) is 5.91 Å². The standard InChI is InChI=1S/C30H25N3O2S/c1-20(30(34)33-17-16-23-10-6-7-11-28(23)33)36-29-26(19-31)25(21-12-14-24(35-2)15-13-21)18-27(32-29)22-8-4-3-5-9-22/h3-15,18,20H,16-17H2,1-2H3. The lowest BCUT2D eigenvalue weighted by molar-refractivity contribution is -0.117. The van der Waals surface area contributed by atoms with Gasteiger partial charge >= 0.3 is 0 Å². The molecule has 0 radical (unpaired) electrons. The summed E-state index contributed by atoms with van der Waals surface area (Å²) in [4.78, 5) is 20.2. The summed E-state index contributed by atoms with van der Waals surface area (Å²) in [5, 5.41) is 10.3. The first-order chi connectivity index (χ1) is 17.6. The fourth-order valence-corrected chi connectivity index (χ4v) is 5.46. The third-order valence-electron chi connectivity index (χ3n) is 6.36. The average molecular weight is 492 g/mol. The van der Waals surface area contributed by atoms with Gasteiger partial charge in [-0.05, 0) is 48.7 Å². The SMILES string of the molecule is COc1ccc(-c2cc(-c3ccccc3)nc(SC(C)C(=O)N3CCc4ccccc43)c2C#N)cc1. The van der Waals surface area contributed by atoms with E-state index in [1.54, 1.807) is 7.11 Å². The molecule has 5 rings (SSSR count). The van der Waals surface area contributed by atoms with Crippen LogP contribution in [0.15, 0.2) is 90.0 Å². The number of nitriles is 1. The fourth-order valence-electron chi connectivity index (χ4n) is 4.47. The van der Waals surface area contributed by atoms with E-state index in [4.69, 9.17) is 9.72 Å². The minimum atomic E-state index is -0.412. The minimum Gasteiger partial charge on any atom is -0.497 e. The Hall–Kier alpha value is -4.08. The van der Waals surface area contributed by atoms with E-state index in [0.29, 0.717) is 17.1 Å². The number of aromatic nitrogens is 1. The number of thioether (sulfide) groups is 1. The molecule has 0 bridgehead atoms. The van der Waals surface area contributed by atoms with Gasteiger partial charge in [-0.1, -0.05) is 72.4 Å². The van der Waals surface area contributed by atoms with Crippen LogP contribution < -0.4 is 9.64 Å². The molecule has 1 amide bonds. The summed E-state index contributed by atoms with van der Waals surface area (Å²) in [7, 11) is 1.63. The Bertz CT molecular complexity index is 1450. The zero-order chi connectivity index (χ0) is 25.1. The first-order valence-corrected chi connectivity index (χ1v) is 12.7. The van der Waals surface area contributed by atoms with Crippen molar-refractivity contribution >= 4 is 23.4 Å². The number of hydrogen-bond acceptors (Lipinski definition) is 5. The van der Waals surface area contributed by atoms with Gasteiger partial charge in [0.05, 0.1) is 23.6 Å². The van der Waals surface area contributed by atoms with Gasteiger partial charge in [-0.2, -0.15) is 5.26 Å². The quantitative estimate of drug-likeness (QED) is 0.293. The molecule has 0 N–H and O–H groups in total. The van der Waals surface area contributed by atoms with Gasteiger partial charge in [0.1, 0.15) is 16.8 Å². The number of fused-ring (bicyclic) bond motifs is 1. The predicted octanol–water partition coefficient (Wildman–Crippen LogP) is 6.37. The van der Waals surface area contributed by atoms with Gasteiger partial charge in [0.25, 0.3) is 0 Å². The van der Waals surface area contributed by atoms with Crippen molar-refractivity contribution in [2.24, 2.45) is 0 Å². The third kappa shape index (κ3) is 4.58. The van der Waals surface area contributed by atoms with Crippen LogP contribution in [-0.2, 0) is 11.2 Å². The maximum Gasteiger partial charge on any atom is 0.240 e. The van der Waals surface area contributed by atoms with Crippen molar-refractivity contribution < 1.29 is 9.53 Å². The summed E-state index contributed by atoms with van der Waals surface area (Å²) in [5.41, 5.74) is 6.00. The highest BCUT2D eigenvalue weighted by atomic mass is 32.2. The molecule has 178 valence electrons. The molecule has 1 aliphatic rings. The number of anilines is 1. The molecule has 6 heteroatoms. The van der Waals surface area contributed by atoms with E-state index in [0.717, 1.165) is 40.2 Å². The number of para-hydroxylation sites is 1. The summed E-state index contributed by atoms with van der Waals surface area (Å²) >= 11 is 1.34. The number of rotatable bonds is 6. The fraction of sp³-hybridized carbons (Fsp3) is 0.167. The maximum absolute atomic E-state index is 13.5. The number of amides is 1. The van der Waals surface area contributed by atoms with Crippen molar-refractivity contribution in [3.63, 3.8) is 0 Å². The number of nitrogens with zero attached hydrogens (tertiary/aromatic N) is 3. The lowest BCUT2D eigenvalue weighted by Gasteiger charge is -2.22. The van der Waals surface area contributed by atoms with E-state index in [9.17, 15) is 10.1 Å². The Balaban J connectivity index is 1.54. The summed E-state index contributed by atoms with van der Waals surface area (Å²) < 4.78 is 5.31. The van der Waals surface area contributed by atoms with Crippen LogP contribution in [0, 0.1) is 11.3 Å². The maximum atomic E-state index is 13.5. The molecule has 1 aliphatic heterocycles. The van der Waals surface area contributed by atoms with Gasteiger partial charge in [-0.25, -0.2) is 4.98 Å². The van der Waals surface area contributed by atoms with Gasteiger partial charge in [0, 0.05) is 23.4 Å². The highest BCUT2D eigenvalue weighted by molar-refractivity contribution is 8.00. The highest BCUT2D eigenvalue weighted by Gasteiger charge is 2.29.